The van der Waals surface area contributed by atoms with Crippen molar-refractivity contribution in [3.63, 3.8) is 0 Å². The Kier molecular flexibility index (Phi) is 9.03. The van der Waals surface area contributed by atoms with Gasteiger partial charge in [0.2, 0.25) is 0 Å². The lowest BCUT2D eigenvalue weighted by Gasteiger charge is -2.03. The Morgan fingerprint density at radius 1 is 1.50 bits per heavy atom. The van der Waals surface area contributed by atoms with Crippen LogP contribution in [-0.2, 0) is 9.53 Å². The summed E-state index contributed by atoms with van der Waals surface area (Å²) >= 11 is 2.25. The van der Waals surface area contributed by atoms with Crippen LogP contribution in [0.5, 0.6) is 0 Å². The second-order valence-corrected chi connectivity index (χ2v) is 3.68. The zero-order valence-electron chi connectivity index (χ0n) is 8.59. The Bertz CT molecular complexity index is 209. The smallest absolute Gasteiger partial charge is 0.302 e. The summed E-state index contributed by atoms with van der Waals surface area (Å²) in [5, 5.41) is 0. The molecule has 0 saturated heterocycles. The van der Waals surface area contributed by atoms with Crippen molar-refractivity contribution in [1.29, 1.82) is 0 Å². The lowest BCUT2D eigenvalue weighted by Crippen LogP contribution is -2.00. The van der Waals surface area contributed by atoms with Gasteiger partial charge < -0.3 is 4.74 Å². The highest BCUT2D eigenvalue weighted by Crippen LogP contribution is 2.14. The summed E-state index contributed by atoms with van der Waals surface area (Å²) < 4.78 is 6.94. The highest BCUT2D eigenvalue weighted by molar-refractivity contribution is 14.1. The van der Waals surface area contributed by atoms with Crippen LogP contribution in [0.1, 0.15) is 32.6 Å². The Morgan fingerprint density at radius 2 is 2.21 bits per heavy atom. The molecule has 0 aromatic carbocycles. The molecule has 0 heterocycles. The number of hydrogen-bond acceptors (Lipinski definition) is 2. The van der Waals surface area contributed by atoms with Crippen molar-refractivity contribution in [3.8, 4) is 0 Å². The first-order valence-corrected chi connectivity index (χ1v) is 5.97. The van der Waals surface area contributed by atoms with E-state index in [1.807, 2.05) is 6.08 Å². The first-order valence-electron chi connectivity index (χ1n) is 4.73. The quantitative estimate of drug-likeness (QED) is 0.311. The van der Waals surface area contributed by atoms with Gasteiger partial charge in [0.15, 0.2) is 0 Å². The summed E-state index contributed by atoms with van der Waals surface area (Å²) in [6.07, 6.45) is 5.93. The second-order valence-electron chi connectivity index (χ2n) is 3.06. The summed E-state index contributed by atoms with van der Waals surface area (Å²) in [5.41, 5.74) is 1.39. The molecule has 0 saturated carbocycles. The number of carbonyl (C=O) groups excluding carboxylic acids is 1. The van der Waals surface area contributed by atoms with Crippen LogP contribution >= 0.6 is 22.6 Å². The van der Waals surface area contributed by atoms with Gasteiger partial charge in [-0.05, 0) is 29.8 Å². The number of allylic oxidation sites excluding steroid dienone is 2. The van der Waals surface area contributed by atoms with Crippen molar-refractivity contribution in [2.75, 3.05) is 6.61 Å². The number of rotatable bonds is 7. The number of unbranched alkanes of at least 4 members (excludes halogenated alkanes) is 1. The molecular weight excluding hydrogens is 291 g/mol. The van der Waals surface area contributed by atoms with Crippen LogP contribution in [0.3, 0.4) is 0 Å². The highest BCUT2D eigenvalue weighted by Gasteiger charge is 1.96. The Hall–Kier alpha value is -0.320. The number of carbonyl (C=O) groups is 1. The van der Waals surface area contributed by atoms with Gasteiger partial charge in [0, 0.05) is 6.92 Å². The molecule has 0 spiro atoms. The Labute approximate surface area is 99.5 Å². The lowest BCUT2D eigenvalue weighted by atomic mass is 10.1. The van der Waals surface area contributed by atoms with E-state index in [4.69, 9.17) is 4.74 Å². The predicted molar refractivity (Wildman–Crippen MR) is 67.4 cm³/mol. The molecule has 0 radical (unpaired) electrons. The average molecular weight is 308 g/mol. The minimum atomic E-state index is -0.194. The van der Waals surface area contributed by atoms with E-state index in [9.17, 15) is 4.79 Å². The van der Waals surface area contributed by atoms with Crippen molar-refractivity contribution in [2.24, 2.45) is 0 Å². The van der Waals surface area contributed by atoms with Gasteiger partial charge >= 0.3 is 5.97 Å². The molecule has 3 heteroatoms. The lowest BCUT2D eigenvalue weighted by molar-refractivity contribution is -0.141. The fraction of sp³-hybridized carbons (Fsp3) is 0.545. The van der Waals surface area contributed by atoms with Gasteiger partial charge in [0.05, 0.1) is 6.61 Å². The van der Waals surface area contributed by atoms with E-state index < -0.39 is 0 Å². The van der Waals surface area contributed by atoms with Crippen LogP contribution in [0.15, 0.2) is 22.3 Å². The zero-order chi connectivity index (χ0) is 10.8. The molecular formula is C11H17IO2. The fourth-order valence-corrected chi connectivity index (χ4v) is 1.62. The molecule has 0 aliphatic rings. The molecule has 0 aliphatic carbocycles. The third-order valence-electron chi connectivity index (χ3n) is 1.76. The van der Waals surface area contributed by atoms with E-state index in [1.165, 1.54) is 12.5 Å². The first kappa shape index (κ1) is 13.7. The number of esters is 1. The van der Waals surface area contributed by atoms with Crippen LogP contribution in [-0.4, -0.2) is 12.6 Å². The van der Waals surface area contributed by atoms with E-state index in [0.29, 0.717) is 6.61 Å². The molecule has 0 unspecified atom stereocenters. The van der Waals surface area contributed by atoms with Gasteiger partial charge in [0.1, 0.15) is 0 Å². The first-order chi connectivity index (χ1) is 6.70. The van der Waals surface area contributed by atoms with E-state index in [1.54, 1.807) is 0 Å². The van der Waals surface area contributed by atoms with Crippen LogP contribution in [0.4, 0.5) is 0 Å². The Morgan fingerprint density at radius 3 is 2.71 bits per heavy atom. The third-order valence-corrected chi connectivity index (χ3v) is 2.64. The summed E-state index contributed by atoms with van der Waals surface area (Å²) in [4.78, 5) is 10.5. The molecule has 80 valence electrons. The van der Waals surface area contributed by atoms with Gasteiger partial charge in [-0.2, -0.15) is 0 Å². The van der Waals surface area contributed by atoms with Gasteiger partial charge in [-0.1, -0.05) is 34.2 Å². The SMILES string of the molecule is C=CC/C(=C\I)CCCCOC(C)=O. The van der Waals surface area contributed by atoms with E-state index in [0.717, 1.165) is 25.7 Å². The molecule has 0 bridgehead atoms. The molecule has 0 aromatic rings. The highest BCUT2D eigenvalue weighted by atomic mass is 127. The minimum absolute atomic E-state index is 0.194. The number of hydrogen-bond donors (Lipinski definition) is 0. The van der Waals surface area contributed by atoms with Crippen molar-refractivity contribution >= 4 is 28.6 Å². The Balaban J connectivity index is 3.43. The summed E-state index contributed by atoms with van der Waals surface area (Å²) in [6.45, 7) is 5.68. The van der Waals surface area contributed by atoms with Crippen molar-refractivity contribution in [1.82, 2.24) is 0 Å². The largest absolute Gasteiger partial charge is 0.466 e. The summed E-state index contributed by atoms with van der Waals surface area (Å²) in [5.74, 6) is -0.194. The molecule has 0 aliphatic heterocycles. The molecule has 0 rings (SSSR count). The van der Waals surface area contributed by atoms with Crippen LogP contribution < -0.4 is 0 Å². The van der Waals surface area contributed by atoms with Crippen molar-refractivity contribution in [2.45, 2.75) is 32.6 Å². The van der Waals surface area contributed by atoms with Crippen molar-refractivity contribution in [3.05, 3.63) is 22.3 Å². The number of ether oxygens (including phenoxy) is 1. The maximum atomic E-state index is 10.5. The van der Waals surface area contributed by atoms with Crippen LogP contribution in [0.25, 0.3) is 0 Å². The van der Waals surface area contributed by atoms with Crippen molar-refractivity contribution < 1.29 is 9.53 Å². The van der Waals surface area contributed by atoms with E-state index >= 15 is 0 Å². The molecule has 0 aromatic heterocycles. The van der Waals surface area contributed by atoms with Crippen LogP contribution in [0.2, 0.25) is 0 Å². The maximum absolute atomic E-state index is 10.5. The van der Waals surface area contributed by atoms with Gasteiger partial charge in [-0.3, -0.25) is 4.79 Å². The topological polar surface area (TPSA) is 26.3 Å². The monoisotopic (exact) mass is 308 g/mol. The summed E-state index contributed by atoms with van der Waals surface area (Å²) in [6, 6.07) is 0. The molecule has 0 atom stereocenters. The normalized spacial score (nSPS) is 11.1. The van der Waals surface area contributed by atoms with Crippen LogP contribution in [0, 0.1) is 0 Å². The summed E-state index contributed by atoms with van der Waals surface area (Å²) in [7, 11) is 0. The molecule has 2 nitrogen and oxygen atoms in total. The third kappa shape index (κ3) is 8.29. The van der Waals surface area contributed by atoms with Gasteiger partial charge in [0.25, 0.3) is 0 Å². The van der Waals surface area contributed by atoms with Gasteiger partial charge in [-0.15, -0.1) is 6.58 Å². The molecule has 0 N–H and O–H groups in total. The standard InChI is InChI=1S/C11H17IO2/c1-3-6-11(9-12)7-4-5-8-14-10(2)13/h3,9H,1,4-8H2,2H3/b11-9+. The molecule has 0 amide bonds. The number of halogens is 1. The zero-order valence-corrected chi connectivity index (χ0v) is 10.7. The second kappa shape index (κ2) is 9.24. The predicted octanol–water partition coefficient (Wildman–Crippen LogP) is 3.61. The minimum Gasteiger partial charge on any atom is -0.466 e. The van der Waals surface area contributed by atoms with E-state index in [-0.39, 0.29) is 5.97 Å². The molecule has 0 fully saturated rings. The fourth-order valence-electron chi connectivity index (χ4n) is 1.06. The van der Waals surface area contributed by atoms with Gasteiger partial charge in [-0.25, -0.2) is 0 Å². The van der Waals surface area contributed by atoms with E-state index in [2.05, 4.69) is 33.3 Å². The average Bonchev–Trinajstić information content (AvgIpc) is 2.15. The molecule has 14 heavy (non-hydrogen) atoms. The maximum Gasteiger partial charge on any atom is 0.302 e.